The lowest BCUT2D eigenvalue weighted by molar-refractivity contribution is -0.122. The largest absolute Gasteiger partial charge is 0.494 e. The van der Waals surface area contributed by atoms with Crippen LogP contribution in [0.25, 0.3) is 0 Å². The van der Waals surface area contributed by atoms with Crippen LogP contribution in [0.15, 0.2) is 24.3 Å². The molecule has 0 spiro atoms. The number of nitrogens with one attached hydrogen (secondary N) is 1. The molecule has 0 aliphatic carbocycles. The number of nitrogens with zero attached hydrogens (tertiary/aromatic N) is 2. The van der Waals surface area contributed by atoms with E-state index in [4.69, 9.17) is 4.74 Å². The Morgan fingerprint density at radius 2 is 1.76 bits per heavy atom. The van der Waals surface area contributed by atoms with Crippen molar-refractivity contribution in [2.24, 2.45) is 0 Å². The van der Waals surface area contributed by atoms with Crippen molar-refractivity contribution in [3.05, 3.63) is 29.8 Å². The predicted molar refractivity (Wildman–Crippen MR) is 97.9 cm³/mol. The van der Waals surface area contributed by atoms with E-state index >= 15 is 0 Å². The van der Waals surface area contributed by atoms with E-state index in [0.29, 0.717) is 38.3 Å². The number of likely N-dealkylation sites (N-methyl/N-ethyl adjacent to an activating group) is 1. The third kappa shape index (κ3) is 6.05. The number of piperazine rings is 1. The Morgan fingerprint density at radius 1 is 1.08 bits per heavy atom. The Balaban J connectivity index is 1.80. The van der Waals surface area contributed by atoms with E-state index in [1.807, 2.05) is 36.1 Å². The average molecular weight is 347 g/mol. The first kappa shape index (κ1) is 19.2. The highest BCUT2D eigenvalue weighted by Crippen LogP contribution is 2.15. The molecule has 6 nitrogen and oxygen atoms in total. The van der Waals surface area contributed by atoms with E-state index in [2.05, 4.69) is 17.1 Å². The van der Waals surface area contributed by atoms with Crippen LogP contribution < -0.4 is 10.1 Å². The van der Waals surface area contributed by atoms with Gasteiger partial charge in [-0.1, -0.05) is 13.3 Å². The minimum Gasteiger partial charge on any atom is -0.494 e. The summed E-state index contributed by atoms with van der Waals surface area (Å²) in [6.45, 7) is 8.53. The van der Waals surface area contributed by atoms with Crippen molar-refractivity contribution in [2.45, 2.75) is 26.7 Å². The van der Waals surface area contributed by atoms with Gasteiger partial charge in [-0.3, -0.25) is 14.5 Å². The molecule has 0 unspecified atom stereocenters. The Labute approximate surface area is 150 Å². The number of benzene rings is 1. The Morgan fingerprint density at radius 3 is 2.36 bits per heavy atom. The normalized spacial score (nSPS) is 15.0. The molecule has 0 saturated carbocycles. The summed E-state index contributed by atoms with van der Waals surface area (Å²) in [5.41, 5.74) is 0.681. The summed E-state index contributed by atoms with van der Waals surface area (Å²) >= 11 is 0. The molecular formula is C19H29N3O3. The van der Waals surface area contributed by atoms with Crippen LogP contribution in [-0.2, 0) is 4.79 Å². The quantitative estimate of drug-likeness (QED) is 0.728. The summed E-state index contributed by atoms with van der Waals surface area (Å²) in [7, 11) is 0. The fraction of sp³-hybridized carbons (Fsp3) is 0.579. The molecule has 6 heteroatoms. The highest BCUT2D eigenvalue weighted by molar-refractivity contribution is 5.94. The summed E-state index contributed by atoms with van der Waals surface area (Å²) in [5.74, 6) is 0.885. The second-order valence-electron chi connectivity index (χ2n) is 6.25. The van der Waals surface area contributed by atoms with Crippen molar-refractivity contribution < 1.29 is 14.3 Å². The molecule has 0 atom stereocenters. The minimum absolute atomic E-state index is 0.0396. The zero-order chi connectivity index (χ0) is 18.1. The molecule has 2 rings (SSSR count). The van der Waals surface area contributed by atoms with Crippen molar-refractivity contribution in [3.63, 3.8) is 0 Å². The van der Waals surface area contributed by atoms with Crippen molar-refractivity contribution in [2.75, 3.05) is 45.9 Å². The minimum atomic E-state index is 0.0396. The molecule has 0 radical (unpaired) electrons. The Bertz CT molecular complexity index is 552. The van der Waals surface area contributed by atoms with E-state index in [9.17, 15) is 9.59 Å². The average Bonchev–Trinajstić information content (AvgIpc) is 2.63. The Kier molecular flexibility index (Phi) is 7.73. The third-order valence-electron chi connectivity index (χ3n) is 4.27. The summed E-state index contributed by atoms with van der Waals surface area (Å²) < 4.78 is 5.63. The van der Waals surface area contributed by atoms with Crippen molar-refractivity contribution in [1.82, 2.24) is 15.1 Å². The number of ether oxygens (including phenoxy) is 1. The SMILES string of the molecule is CCCCOc1ccc(C(=O)N2CCN(CC(=O)NCC)CC2)cc1. The first-order valence-corrected chi connectivity index (χ1v) is 9.15. The van der Waals surface area contributed by atoms with Gasteiger partial charge in [0.05, 0.1) is 13.2 Å². The fourth-order valence-electron chi connectivity index (χ4n) is 2.78. The van der Waals surface area contributed by atoms with Gasteiger partial charge < -0.3 is 15.0 Å². The van der Waals surface area contributed by atoms with Crippen LogP contribution in [0.2, 0.25) is 0 Å². The molecule has 1 saturated heterocycles. The van der Waals surface area contributed by atoms with Crippen LogP contribution in [0.3, 0.4) is 0 Å². The molecule has 138 valence electrons. The first-order chi connectivity index (χ1) is 12.1. The molecule has 1 fully saturated rings. The predicted octanol–water partition coefficient (Wildman–Crippen LogP) is 1.76. The maximum Gasteiger partial charge on any atom is 0.253 e. The van der Waals surface area contributed by atoms with E-state index in [-0.39, 0.29) is 11.8 Å². The van der Waals surface area contributed by atoms with E-state index in [1.54, 1.807) is 0 Å². The lowest BCUT2D eigenvalue weighted by atomic mass is 10.1. The number of carbonyl (C=O) groups is 2. The van der Waals surface area contributed by atoms with Gasteiger partial charge in [-0.15, -0.1) is 0 Å². The lowest BCUT2D eigenvalue weighted by Gasteiger charge is -2.34. The first-order valence-electron chi connectivity index (χ1n) is 9.15. The maximum absolute atomic E-state index is 12.6. The van der Waals surface area contributed by atoms with Crippen LogP contribution in [0.1, 0.15) is 37.0 Å². The van der Waals surface area contributed by atoms with Crippen molar-refractivity contribution in [1.29, 1.82) is 0 Å². The number of hydrogen-bond donors (Lipinski definition) is 1. The number of unbranched alkanes of at least 4 members (excludes halogenated alkanes) is 1. The van der Waals surface area contributed by atoms with Gasteiger partial charge in [0.25, 0.3) is 5.91 Å². The van der Waals surface area contributed by atoms with E-state index < -0.39 is 0 Å². The number of carbonyl (C=O) groups excluding carboxylic acids is 2. The molecule has 0 aromatic heterocycles. The standard InChI is InChI=1S/C19H29N3O3/c1-3-5-14-25-17-8-6-16(7-9-17)19(24)22-12-10-21(11-13-22)15-18(23)20-4-2/h6-9H,3-5,10-15H2,1-2H3,(H,20,23). The van der Waals surface area contributed by atoms with Gasteiger partial charge in [-0.2, -0.15) is 0 Å². The van der Waals surface area contributed by atoms with Gasteiger partial charge in [-0.25, -0.2) is 0 Å². The molecular weight excluding hydrogens is 318 g/mol. The van der Waals surface area contributed by atoms with Crippen LogP contribution in [0.5, 0.6) is 5.75 Å². The van der Waals surface area contributed by atoms with Crippen LogP contribution in [0.4, 0.5) is 0 Å². The van der Waals surface area contributed by atoms with E-state index in [1.165, 1.54) is 0 Å². The van der Waals surface area contributed by atoms with E-state index in [0.717, 1.165) is 31.7 Å². The number of rotatable bonds is 8. The highest BCUT2D eigenvalue weighted by atomic mass is 16.5. The molecule has 0 bridgehead atoms. The topological polar surface area (TPSA) is 61.9 Å². The second kappa shape index (κ2) is 10.0. The highest BCUT2D eigenvalue weighted by Gasteiger charge is 2.23. The van der Waals surface area contributed by atoms with Gasteiger partial charge in [-0.05, 0) is 37.6 Å². The summed E-state index contributed by atoms with van der Waals surface area (Å²) in [4.78, 5) is 28.2. The third-order valence-corrected chi connectivity index (χ3v) is 4.27. The molecule has 1 aromatic rings. The van der Waals surface area contributed by atoms with Crippen LogP contribution in [0, 0.1) is 0 Å². The zero-order valence-electron chi connectivity index (χ0n) is 15.3. The zero-order valence-corrected chi connectivity index (χ0v) is 15.3. The molecule has 2 amide bonds. The molecule has 1 heterocycles. The van der Waals surface area contributed by atoms with Gasteiger partial charge >= 0.3 is 0 Å². The molecule has 1 N–H and O–H groups in total. The second-order valence-corrected chi connectivity index (χ2v) is 6.25. The van der Waals surface area contributed by atoms with Gasteiger partial charge in [0.15, 0.2) is 0 Å². The number of amides is 2. The molecule has 1 aliphatic heterocycles. The fourth-order valence-corrected chi connectivity index (χ4v) is 2.78. The monoisotopic (exact) mass is 347 g/mol. The van der Waals surface area contributed by atoms with Crippen molar-refractivity contribution in [3.8, 4) is 5.75 Å². The Hall–Kier alpha value is -2.08. The molecule has 1 aromatic carbocycles. The molecule has 1 aliphatic rings. The van der Waals surface area contributed by atoms with Crippen LogP contribution in [-0.4, -0.2) is 67.5 Å². The summed E-state index contributed by atoms with van der Waals surface area (Å²) in [6, 6.07) is 7.36. The summed E-state index contributed by atoms with van der Waals surface area (Å²) in [6.07, 6.45) is 2.13. The van der Waals surface area contributed by atoms with Gasteiger partial charge in [0, 0.05) is 38.3 Å². The molecule has 25 heavy (non-hydrogen) atoms. The summed E-state index contributed by atoms with van der Waals surface area (Å²) in [5, 5.41) is 2.80. The lowest BCUT2D eigenvalue weighted by Crippen LogP contribution is -2.51. The smallest absolute Gasteiger partial charge is 0.253 e. The van der Waals surface area contributed by atoms with Crippen molar-refractivity contribution >= 4 is 11.8 Å². The van der Waals surface area contributed by atoms with Gasteiger partial charge in [0.1, 0.15) is 5.75 Å². The van der Waals surface area contributed by atoms with Crippen LogP contribution >= 0.6 is 0 Å². The maximum atomic E-state index is 12.6. The number of hydrogen-bond acceptors (Lipinski definition) is 4. The van der Waals surface area contributed by atoms with Gasteiger partial charge in [0.2, 0.25) is 5.91 Å².